The first-order valence-corrected chi connectivity index (χ1v) is 4.92. The van der Waals surface area contributed by atoms with Crippen LogP contribution in [0.3, 0.4) is 0 Å². The zero-order valence-corrected chi connectivity index (χ0v) is 9.51. The number of halogens is 1. The van der Waals surface area contributed by atoms with E-state index in [-0.39, 0.29) is 0 Å². The molecule has 0 spiro atoms. The minimum atomic E-state index is 0.828. The number of hydrogen-bond donors (Lipinski definition) is 0. The molecule has 0 bridgehead atoms. The third-order valence-electron chi connectivity index (χ3n) is 0.870. The van der Waals surface area contributed by atoms with Gasteiger partial charge in [0.25, 0.3) is 0 Å². The maximum absolute atomic E-state index is 5.63. The van der Waals surface area contributed by atoms with Gasteiger partial charge in [-0.05, 0) is 0 Å². The number of hydrogen-bond acceptors (Lipinski definition) is 0. The zero-order chi connectivity index (χ0) is 5.98. The van der Waals surface area contributed by atoms with E-state index in [2.05, 4.69) is 12.1 Å². The van der Waals surface area contributed by atoms with E-state index in [1.54, 1.807) is 0 Å². The summed E-state index contributed by atoms with van der Waals surface area (Å²) in [7, 11) is 0. The SMILES string of the molecule is Clc1cc[c]([PbH])cc1. The molecule has 2 radical (unpaired) electrons. The molecule has 8 heavy (non-hydrogen) atoms. The number of rotatable bonds is 0. The summed E-state index contributed by atoms with van der Waals surface area (Å²) in [5.74, 6) is 0. The minimum absolute atomic E-state index is 0.828. The molecular formula is C6H5ClPb. The third-order valence-corrected chi connectivity index (χ3v) is 2.62. The molecule has 1 aromatic rings. The fourth-order valence-electron chi connectivity index (χ4n) is 0.463. The molecule has 0 unspecified atom stereocenters. The first-order chi connectivity index (χ1) is 3.79. The molecule has 0 aliphatic rings. The Balaban J connectivity index is 3.03. The molecule has 0 aliphatic heterocycles. The summed E-state index contributed by atoms with van der Waals surface area (Å²) in [5, 5.41) is 0.828. The van der Waals surface area contributed by atoms with Crippen molar-refractivity contribution in [1.29, 1.82) is 0 Å². The van der Waals surface area contributed by atoms with Crippen molar-refractivity contribution < 1.29 is 0 Å². The van der Waals surface area contributed by atoms with Crippen LogP contribution in [0.25, 0.3) is 0 Å². The van der Waals surface area contributed by atoms with Gasteiger partial charge in [0.15, 0.2) is 0 Å². The van der Waals surface area contributed by atoms with Crippen LogP contribution in [0, 0.1) is 0 Å². The van der Waals surface area contributed by atoms with Crippen molar-refractivity contribution in [2.24, 2.45) is 0 Å². The van der Waals surface area contributed by atoms with Gasteiger partial charge in [0.1, 0.15) is 0 Å². The van der Waals surface area contributed by atoms with Crippen LogP contribution in [-0.2, 0) is 0 Å². The molecule has 0 saturated heterocycles. The topological polar surface area (TPSA) is 0 Å². The Morgan fingerprint density at radius 1 is 1.12 bits per heavy atom. The van der Waals surface area contributed by atoms with Crippen LogP contribution in [0.4, 0.5) is 0 Å². The molecule has 0 fully saturated rings. The molecular weight excluding hydrogens is 315 g/mol. The summed E-state index contributed by atoms with van der Waals surface area (Å²) in [4.78, 5) is 0. The van der Waals surface area contributed by atoms with Gasteiger partial charge in [-0.15, -0.1) is 0 Å². The maximum atomic E-state index is 5.63. The first kappa shape index (κ1) is 6.55. The Morgan fingerprint density at radius 3 is 2.00 bits per heavy atom. The van der Waals surface area contributed by atoms with Crippen LogP contribution < -0.4 is 3.12 Å². The van der Waals surface area contributed by atoms with Gasteiger partial charge in [-0.1, -0.05) is 0 Å². The van der Waals surface area contributed by atoms with Crippen molar-refractivity contribution >= 4 is 40.5 Å². The quantitative estimate of drug-likeness (QED) is 0.623. The molecule has 0 amide bonds. The Kier molecular flexibility index (Phi) is 2.31. The Bertz CT molecular complexity index is 147. The standard InChI is InChI=1S/C6H4Cl.Pb.H/c7-6-4-2-1-3-5-6;;/h2-5H;;. The van der Waals surface area contributed by atoms with E-state index < -0.39 is 0 Å². The summed E-state index contributed by atoms with van der Waals surface area (Å²) < 4.78 is 1.41. The molecule has 1 rings (SSSR count). The second-order valence-corrected chi connectivity index (χ2v) is 4.58. The van der Waals surface area contributed by atoms with Crippen LogP contribution in [0.1, 0.15) is 0 Å². The average molecular weight is 320 g/mol. The van der Waals surface area contributed by atoms with E-state index in [1.807, 2.05) is 12.1 Å². The summed E-state index contributed by atoms with van der Waals surface area (Å²) in [6, 6.07) is 7.98. The van der Waals surface area contributed by atoms with Crippen molar-refractivity contribution in [1.82, 2.24) is 0 Å². The molecule has 0 N–H and O–H groups in total. The van der Waals surface area contributed by atoms with Gasteiger partial charge in [0.05, 0.1) is 0 Å². The third kappa shape index (κ3) is 1.74. The average Bonchev–Trinajstić information content (AvgIpc) is 1.77. The monoisotopic (exact) mass is 320 g/mol. The van der Waals surface area contributed by atoms with Crippen molar-refractivity contribution in [2.75, 3.05) is 0 Å². The van der Waals surface area contributed by atoms with E-state index >= 15 is 0 Å². The Hall–Kier alpha value is 0.432. The van der Waals surface area contributed by atoms with E-state index in [0.29, 0.717) is 0 Å². The van der Waals surface area contributed by atoms with Crippen LogP contribution in [0.15, 0.2) is 24.3 Å². The molecule has 2 heteroatoms. The van der Waals surface area contributed by atoms with Crippen molar-refractivity contribution in [3.05, 3.63) is 29.3 Å². The molecule has 0 aromatic heterocycles. The molecule has 1 aromatic carbocycles. The summed E-state index contributed by atoms with van der Waals surface area (Å²) in [6.07, 6.45) is 0. The van der Waals surface area contributed by atoms with E-state index in [0.717, 1.165) is 30.8 Å². The van der Waals surface area contributed by atoms with Crippen molar-refractivity contribution in [3.63, 3.8) is 0 Å². The van der Waals surface area contributed by atoms with Crippen molar-refractivity contribution in [2.45, 2.75) is 0 Å². The van der Waals surface area contributed by atoms with Crippen LogP contribution in [-0.4, -0.2) is 25.8 Å². The van der Waals surface area contributed by atoms with Gasteiger partial charge in [0.2, 0.25) is 0 Å². The predicted molar refractivity (Wildman–Crippen MR) is 38.2 cm³/mol. The summed E-state index contributed by atoms with van der Waals surface area (Å²) in [5.41, 5.74) is 0. The Morgan fingerprint density at radius 2 is 1.62 bits per heavy atom. The zero-order valence-electron chi connectivity index (χ0n) is 4.26. The van der Waals surface area contributed by atoms with Gasteiger partial charge >= 0.3 is 69.8 Å². The number of benzene rings is 1. The fraction of sp³-hybridized carbons (Fsp3) is 0. The first-order valence-electron chi connectivity index (χ1n) is 2.30. The second kappa shape index (κ2) is 2.83. The Labute approximate surface area is 69.5 Å². The van der Waals surface area contributed by atoms with E-state index in [1.165, 1.54) is 3.12 Å². The predicted octanol–water partition coefficient (Wildman–Crippen LogP) is 0.866. The second-order valence-electron chi connectivity index (χ2n) is 1.55. The van der Waals surface area contributed by atoms with Gasteiger partial charge < -0.3 is 0 Å². The van der Waals surface area contributed by atoms with Gasteiger partial charge in [-0.25, -0.2) is 0 Å². The summed E-state index contributed by atoms with van der Waals surface area (Å²) >= 11 is 6.56. The molecule has 0 saturated carbocycles. The van der Waals surface area contributed by atoms with Crippen LogP contribution >= 0.6 is 11.6 Å². The van der Waals surface area contributed by atoms with E-state index in [9.17, 15) is 0 Å². The van der Waals surface area contributed by atoms with E-state index in [4.69, 9.17) is 11.6 Å². The van der Waals surface area contributed by atoms with Crippen LogP contribution in [0.5, 0.6) is 0 Å². The van der Waals surface area contributed by atoms with Crippen LogP contribution in [0.2, 0.25) is 5.02 Å². The molecule has 0 atom stereocenters. The summed E-state index contributed by atoms with van der Waals surface area (Å²) in [6.45, 7) is 0. The normalized spacial score (nSPS) is 9.25. The fourth-order valence-corrected chi connectivity index (χ4v) is 1.34. The van der Waals surface area contributed by atoms with Gasteiger partial charge in [0, 0.05) is 0 Å². The van der Waals surface area contributed by atoms with Gasteiger partial charge in [-0.2, -0.15) is 0 Å². The van der Waals surface area contributed by atoms with Crippen molar-refractivity contribution in [3.8, 4) is 0 Å². The molecule has 0 aliphatic carbocycles. The molecule has 0 heterocycles. The molecule has 0 nitrogen and oxygen atoms in total. The molecule has 40 valence electrons. The van der Waals surface area contributed by atoms with Gasteiger partial charge in [-0.3, -0.25) is 0 Å².